The molecule has 1 heterocycles. The van der Waals surface area contributed by atoms with E-state index in [2.05, 4.69) is 5.32 Å². The molecule has 2 aliphatic rings. The lowest BCUT2D eigenvalue weighted by Crippen LogP contribution is -2.31. The Morgan fingerprint density at radius 1 is 1.06 bits per heavy atom. The van der Waals surface area contributed by atoms with Crippen LogP contribution in [-0.2, 0) is 9.84 Å². The molecule has 0 radical (unpaired) electrons. The zero-order chi connectivity index (χ0) is 11.4. The van der Waals surface area contributed by atoms with Crippen LogP contribution in [0.3, 0.4) is 0 Å². The molecule has 0 spiro atoms. The molecule has 1 saturated heterocycles. The smallest absolute Gasteiger partial charge is 0.151 e. The van der Waals surface area contributed by atoms with Gasteiger partial charge in [0.1, 0.15) is 0 Å². The molecule has 0 aromatic rings. The standard InChI is InChI=1S/C12H23NO2S/c14-16(15)9-7-12(10-16)13-8-6-11-4-2-1-3-5-11/h11-13H,1-10H2. The molecule has 1 atom stereocenters. The van der Waals surface area contributed by atoms with E-state index in [-0.39, 0.29) is 6.04 Å². The van der Waals surface area contributed by atoms with Crippen LogP contribution in [0.4, 0.5) is 0 Å². The summed E-state index contributed by atoms with van der Waals surface area (Å²) < 4.78 is 22.5. The van der Waals surface area contributed by atoms with E-state index < -0.39 is 9.84 Å². The van der Waals surface area contributed by atoms with Crippen LogP contribution in [0.5, 0.6) is 0 Å². The Labute approximate surface area is 98.9 Å². The summed E-state index contributed by atoms with van der Waals surface area (Å²) in [4.78, 5) is 0. The van der Waals surface area contributed by atoms with Crippen molar-refractivity contribution in [3.8, 4) is 0 Å². The van der Waals surface area contributed by atoms with E-state index in [1.54, 1.807) is 0 Å². The molecule has 1 unspecified atom stereocenters. The summed E-state index contributed by atoms with van der Waals surface area (Å²) in [6, 6.07) is 0.230. The highest BCUT2D eigenvalue weighted by molar-refractivity contribution is 7.91. The lowest BCUT2D eigenvalue weighted by atomic mass is 9.87. The third-order valence-electron chi connectivity index (χ3n) is 3.94. The van der Waals surface area contributed by atoms with Crippen LogP contribution in [-0.4, -0.2) is 32.5 Å². The van der Waals surface area contributed by atoms with Gasteiger partial charge in [-0.1, -0.05) is 32.1 Å². The van der Waals surface area contributed by atoms with Crippen LogP contribution in [0, 0.1) is 5.92 Å². The minimum Gasteiger partial charge on any atom is -0.313 e. The van der Waals surface area contributed by atoms with Gasteiger partial charge in [0, 0.05) is 6.04 Å². The molecule has 1 N–H and O–H groups in total. The average Bonchev–Trinajstić information content (AvgIpc) is 2.60. The largest absolute Gasteiger partial charge is 0.313 e. The van der Waals surface area contributed by atoms with Gasteiger partial charge in [-0.25, -0.2) is 8.42 Å². The van der Waals surface area contributed by atoms with Gasteiger partial charge >= 0.3 is 0 Å². The molecule has 16 heavy (non-hydrogen) atoms. The zero-order valence-corrected chi connectivity index (χ0v) is 10.8. The van der Waals surface area contributed by atoms with Crippen LogP contribution >= 0.6 is 0 Å². The number of hydrogen-bond acceptors (Lipinski definition) is 3. The molecule has 1 saturated carbocycles. The van der Waals surface area contributed by atoms with Crippen molar-refractivity contribution in [2.45, 2.75) is 51.0 Å². The molecule has 1 aliphatic heterocycles. The van der Waals surface area contributed by atoms with Crippen molar-refractivity contribution < 1.29 is 8.42 Å². The van der Waals surface area contributed by atoms with Crippen molar-refractivity contribution in [3.63, 3.8) is 0 Å². The van der Waals surface area contributed by atoms with E-state index in [1.807, 2.05) is 0 Å². The van der Waals surface area contributed by atoms with Crippen molar-refractivity contribution in [2.75, 3.05) is 18.1 Å². The first-order chi connectivity index (χ1) is 7.66. The first kappa shape index (κ1) is 12.4. The van der Waals surface area contributed by atoms with Gasteiger partial charge in [-0.3, -0.25) is 0 Å². The Bertz CT molecular complexity index is 307. The van der Waals surface area contributed by atoms with Gasteiger partial charge in [0.15, 0.2) is 9.84 Å². The van der Waals surface area contributed by atoms with E-state index in [0.29, 0.717) is 11.5 Å². The monoisotopic (exact) mass is 245 g/mol. The first-order valence-corrected chi connectivity index (χ1v) is 8.42. The molecule has 1 aliphatic carbocycles. The maximum atomic E-state index is 11.3. The fourth-order valence-corrected chi connectivity index (χ4v) is 4.63. The first-order valence-electron chi connectivity index (χ1n) is 6.59. The molecule has 0 bridgehead atoms. The number of sulfone groups is 1. The Balaban J connectivity index is 1.61. The van der Waals surface area contributed by atoms with E-state index >= 15 is 0 Å². The number of hydrogen-bond donors (Lipinski definition) is 1. The van der Waals surface area contributed by atoms with E-state index in [1.165, 1.54) is 38.5 Å². The van der Waals surface area contributed by atoms with Crippen molar-refractivity contribution in [1.82, 2.24) is 5.32 Å². The summed E-state index contributed by atoms with van der Waals surface area (Å²) in [6.07, 6.45) is 8.99. The third-order valence-corrected chi connectivity index (χ3v) is 5.71. The van der Waals surface area contributed by atoms with Gasteiger partial charge in [0.2, 0.25) is 0 Å². The molecule has 0 aromatic carbocycles. The Kier molecular flexibility index (Phi) is 4.25. The van der Waals surface area contributed by atoms with Crippen molar-refractivity contribution in [1.29, 1.82) is 0 Å². The van der Waals surface area contributed by atoms with E-state index in [4.69, 9.17) is 0 Å². The highest BCUT2D eigenvalue weighted by atomic mass is 32.2. The highest BCUT2D eigenvalue weighted by Crippen LogP contribution is 2.25. The van der Waals surface area contributed by atoms with Gasteiger partial charge < -0.3 is 5.32 Å². The summed E-state index contributed by atoms with van der Waals surface area (Å²) in [7, 11) is -2.71. The highest BCUT2D eigenvalue weighted by Gasteiger charge is 2.27. The van der Waals surface area contributed by atoms with Crippen LogP contribution in [0.25, 0.3) is 0 Å². The molecular weight excluding hydrogens is 222 g/mol. The number of rotatable bonds is 4. The SMILES string of the molecule is O=S1(=O)CCC(NCCC2CCCCC2)C1. The Morgan fingerprint density at radius 3 is 2.44 bits per heavy atom. The maximum absolute atomic E-state index is 11.3. The second-order valence-electron chi connectivity index (χ2n) is 5.35. The molecule has 0 amide bonds. The third kappa shape index (κ3) is 3.74. The van der Waals surface area contributed by atoms with Gasteiger partial charge in [-0.05, 0) is 25.3 Å². The second-order valence-corrected chi connectivity index (χ2v) is 7.58. The predicted octanol–water partition coefficient (Wildman–Crippen LogP) is 1.73. The van der Waals surface area contributed by atoms with Crippen molar-refractivity contribution in [2.24, 2.45) is 5.92 Å². The van der Waals surface area contributed by atoms with E-state index in [9.17, 15) is 8.42 Å². The maximum Gasteiger partial charge on any atom is 0.151 e. The molecule has 4 heteroatoms. The summed E-state index contributed by atoms with van der Waals surface area (Å²) >= 11 is 0. The van der Waals surface area contributed by atoms with Crippen molar-refractivity contribution >= 4 is 9.84 Å². The lowest BCUT2D eigenvalue weighted by Gasteiger charge is -2.22. The molecule has 94 valence electrons. The lowest BCUT2D eigenvalue weighted by molar-refractivity contribution is 0.329. The average molecular weight is 245 g/mol. The molecule has 2 rings (SSSR count). The van der Waals surface area contributed by atoms with Gasteiger partial charge in [0.05, 0.1) is 11.5 Å². The van der Waals surface area contributed by atoms with Crippen LogP contribution in [0.15, 0.2) is 0 Å². The topological polar surface area (TPSA) is 46.2 Å². The van der Waals surface area contributed by atoms with Gasteiger partial charge in [-0.2, -0.15) is 0 Å². The quantitative estimate of drug-likeness (QED) is 0.820. The minimum absolute atomic E-state index is 0.230. The summed E-state index contributed by atoms with van der Waals surface area (Å²) in [5, 5.41) is 3.41. The Hall–Kier alpha value is -0.0900. The number of nitrogens with one attached hydrogen (secondary N) is 1. The van der Waals surface area contributed by atoms with Gasteiger partial charge in [0.25, 0.3) is 0 Å². The molecule has 0 aromatic heterocycles. The second kappa shape index (κ2) is 5.50. The Morgan fingerprint density at radius 2 is 1.81 bits per heavy atom. The molecule has 2 fully saturated rings. The summed E-state index contributed by atoms with van der Waals surface area (Å²) in [6.45, 7) is 1.00. The normalized spacial score (nSPS) is 30.6. The van der Waals surface area contributed by atoms with Crippen LogP contribution < -0.4 is 5.32 Å². The van der Waals surface area contributed by atoms with Gasteiger partial charge in [-0.15, -0.1) is 0 Å². The molecular formula is C12H23NO2S. The molecule has 3 nitrogen and oxygen atoms in total. The fraction of sp³-hybridized carbons (Fsp3) is 1.00. The van der Waals surface area contributed by atoms with Crippen molar-refractivity contribution in [3.05, 3.63) is 0 Å². The summed E-state index contributed by atoms with van der Waals surface area (Å²) in [5.41, 5.74) is 0. The predicted molar refractivity (Wildman–Crippen MR) is 66.3 cm³/mol. The fourth-order valence-electron chi connectivity index (χ4n) is 2.92. The van der Waals surface area contributed by atoms with Crippen LogP contribution in [0.1, 0.15) is 44.9 Å². The zero-order valence-electron chi connectivity index (χ0n) is 9.95. The minimum atomic E-state index is -2.71. The van der Waals surface area contributed by atoms with E-state index in [0.717, 1.165) is 18.9 Å². The summed E-state index contributed by atoms with van der Waals surface area (Å²) in [5.74, 6) is 1.63. The van der Waals surface area contributed by atoms with Crippen LogP contribution in [0.2, 0.25) is 0 Å².